The van der Waals surface area contributed by atoms with Gasteiger partial charge in [0.15, 0.2) is 11.4 Å². The highest BCUT2D eigenvalue weighted by Crippen LogP contribution is 2.41. The summed E-state index contributed by atoms with van der Waals surface area (Å²) in [6.45, 7) is 15.5. The van der Waals surface area contributed by atoms with E-state index in [4.69, 9.17) is 23.1 Å². The van der Waals surface area contributed by atoms with E-state index in [-0.39, 0.29) is 0 Å². The fraction of sp³-hybridized carbons (Fsp3) is 0. The van der Waals surface area contributed by atoms with Gasteiger partial charge in [0.2, 0.25) is 0 Å². The molecule has 0 unspecified atom stereocenters. The van der Waals surface area contributed by atoms with E-state index in [0.29, 0.717) is 28.5 Å². The SMILES string of the molecule is [C-]#[N+]c1ccccc1-c1nc(-c2ccccc2[N+]#[C-])c2cc(-c3ccccc3)cc(-c3ccccc3)c2n1. The highest BCUT2D eigenvalue weighted by molar-refractivity contribution is 6.06. The fourth-order valence-corrected chi connectivity index (χ4v) is 4.72. The fourth-order valence-electron chi connectivity index (χ4n) is 4.72. The van der Waals surface area contributed by atoms with Crippen molar-refractivity contribution in [1.82, 2.24) is 9.97 Å². The average molecular weight is 485 g/mol. The van der Waals surface area contributed by atoms with Crippen molar-refractivity contribution in [3.8, 4) is 44.9 Å². The lowest BCUT2D eigenvalue weighted by molar-refractivity contribution is 1.23. The lowest BCUT2D eigenvalue weighted by Crippen LogP contribution is -1.98. The Balaban J connectivity index is 1.78. The minimum absolute atomic E-state index is 0.462. The summed E-state index contributed by atoms with van der Waals surface area (Å²) in [6.07, 6.45) is 0. The van der Waals surface area contributed by atoms with Crippen molar-refractivity contribution < 1.29 is 0 Å². The number of benzene rings is 5. The average Bonchev–Trinajstić information content (AvgIpc) is 3.00. The molecule has 0 bridgehead atoms. The molecule has 6 aromatic rings. The van der Waals surface area contributed by atoms with Gasteiger partial charge in [0.05, 0.1) is 24.4 Å². The van der Waals surface area contributed by atoms with E-state index in [1.165, 1.54) is 0 Å². The summed E-state index contributed by atoms with van der Waals surface area (Å²) in [7, 11) is 0. The van der Waals surface area contributed by atoms with Crippen molar-refractivity contribution in [2.24, 2.45) is 0 Å². The predicted octanol–water partition coefficient (Wildman–Crippen LogP) is 9.40. The largest absolute Gasteiger partial charge is 0.237 e. The second-order valence-corrected chi connectivity index (χ2v) is 8.81. The van der Waals surface area contributed by atoms with Crippen LogP contribution in [0, 0.1) is 13.1 Å². The van der Waals surface area contributed by atoms with Gasteiger partial charge in [-0.05, 0) is 28.8 Å². The molecule has 4 nitrogen and oxygen atoms in total. The first-order valence-electron chi connectivity index (χ1n) is 12.2. The summed E-state index contributed by atoms with van der Waals surface area (Å²) < 4.78 is 0. The molecule has 176 valence electrons. The Morgan fingerprint density at radius 3 is 1.68 bits per heavy atom. The normalized spacial score (nSPS) is 10.6. The van der Waals surface area contributed by atoms with Gasteiger partial charge < -0.3 is 0 Å². The zero-order valence-corrected chi connectivity index (χ0v) is 20.3. The zero-order chi connectivity index (χ0) is 25.9. The third kappa shape index (κ3) is 4.07. The van der Waals surface area contributed by atoms with Crippen LogP contribution in [-0.2, 0) is 0 Å². The maximum absolute atomic E-state index is 7.82. The van der Waals surface area contributed by atoms with Crippen LogP contribution in [0.1, 0.15) is 0 Å². The van der Waals surface area contributed by atoms with Crippen LogP contribution in [0.2, 0.25) is 0 Å². The summed E-state index contributed by atoms with van der Waals surface area (Å²) in [5.41, 5.74) is 7.96. The van der Waals surface area contributed by atoms with Crippen molar-refractivity contribution in [1.29, 1.82) is 0 Å². The first-order chi connectivity index (χ1) is 18.8. The number of hydrogen-bond donors (Lipinski definition) is 0. The van der Waals surface area contributed by atoms with Crippen molar-refractivity contribution in [2.75, 3.05) is 0 Å². The molecule has 0 fully saturated rings. The minimum Gasteiger partial charge on any atom is -0.237 e. The van der Waals surface area contributed by atoms with Gasteiger partial charge in [0.25, 0.3) is 0 Å². The molecule has 0 spiro atoms. The molecule has 6 rings (SSSR count). The molecular formula is C34H20N4. The molecule has 1 aromatic heterocycles. The Labute approximate surface area is 221 Å². The van der Waals surface area contributed by atoms with Crippen molar-refractivity contribution >= 4 is 22.3 Å². The third-order valence-corrected chi connectivity index (χ3v) is 6.54. The summed E-state index contributed by atoms with van der Waals surface area (Å²) in [5, 5.41) is 0.852. The van der Waals surface area contributed by atoms with E-state index >= 15 is 0 Å². The van der Waals surface area contributed by atoms with Gasteiger partial charge in [0.1, 0.15) is 5.82 Å². The van der Waals surface area contributed by atoms with Gasteiger partial charge in [-0.3, -0.25) is 0 Å². The summed E-state index contributed by atoms with van der Waals surface area (Å²) in [4.78, 5) is 17.6. The van der Waals surface area contributed by atoms with Crippen LogP contribution in [0.4, 0.5) is 11.4 Å². The molecule has 0 saturated carbocycles. The number of para-hydroxylation sites is 2. The van der Waals surface area contributed by atoms with E-state index < -0.39 is 0 Å². The lowest BCUT2D eigenvalue weighted by Gasteiger charge is -2.16. The number of fused-ring (bicyclic) bond motifs is 1. The first-order valence-corrected chi connectivity index (χ1v) is 12.2. The molecule has 38 heavy (non-hydrogen) atoms. The predicted molar refractivity (Wildman–Crippen MR) is 154 cm³/mol. The molecular weight excluding hydrogens is 464 g/mol. The summed E-state index contributed by atoms with van der Waals surface area (Å²) >= 11 is 0. The van der Waals surface area contributed by atoms with Crippen molar-refractivity contribution in [2.45, 2.75) is 0 Å². The molecule has 1 heterocycles. The standard InChI is InChI=1S/C34H20N4/c1-35-30-19-11-9-17-26(30)32-29-22-25(23-13-5-3-6-14-23)21-28(24-15-7-4-8-16-24)33(29)38-34(37-32)27-18-10-12-20-31(27)36-2/h3-22H. The molecule has 0 saturated heterocycles. The van der Waals surface area contributed by atoms with E-state index in [1.54, 1.807) is 6.07 Å². The highest BCUT2D eigenvalue weighted by atomic mass is 14.9. The molecule has 0 aliphatic heterocycles. The Morgan fingerprint density at radius 1 is 0.474 bits per heavy atom. The molecule has 4 heteroatoms. The third-order valence-electron chi connectivity index (χ3n) is 6.54. The topological polar surface area (TPSA) is 34.5 Å². The van der Waals surface area contributed by atoms with Gasteiger partial charge in [-0.15, -0.1) is 0 Å². The molecule has 0 amide bonds. The smallest absolute Gasteiger partial charge is 0.198 e. The van der Waals surface area contributed by atoms with Crippen LogP contribution in [0.15, 0.2) is 121 Å². The quantitative estimate of drug-likeness (QED) is 0.234. The Hall–Kier alpha value is -5.58. The van der Waals surface area contributed by atoms with Crippen LogP contribution in [0.5, 0.6) is 0 Å². The Kier molecular flexibility index (Phi) is 5.91. The number of rotatable bonds is 4. The molecule has 0 aliphatic carbocycles. The second kappa shape index (κ2) is 9.82. The van der Waals surface area contributed by atoms with Crippen LogP contribution < -0.4 is 0 Å². The lowest BCUT2D eigenvalue weighted by atomic mass is 9.93. The molecule has 5 aromatic carbocycles. The van der Waals surface area contributed by atoms with Gasteiger partial charge in [0, 0.05) is 22.1 Å². The van der Waals surface area contributed by atoms with Gasteiger partial charge in [-0.25, -0.2) is 19.7 Å². The van der Waals surface area contributed by atoms with Crippen LogP contribution >= 0.6 is 0 Å². The van der Waals surface area contributed by atoms with Gasteiger partial charge >= 0.3 is 0 Å². The Bertz CT molecular complexity index is 1880. The first kappa shape index (κ1) is 22.9. The van der Waals surface area contributed by atoms with E-state index in [9.17, 15) is 0 Å². The second-order valence-electron chi connectivity index (χ2n) is 8.81. The number of nitrogens with zero attached hydrogens (tertiary/aromatic N) is 4. The molecule has 0 radical (unpaired) electrons. The molecule has 0 aliphatic rings. The minimum atomic E-state index is 0.462. The van der Waals surface area contributed by atoms with Crippen LogP contribution in [-0.4, -0.2) is 9.97 Å². The Morgan fingerprint density at radius 2 is 1.03 bits per heavy atom. The van der Waals surface area contributed by atoms with Crippen molar-refractivity contribution in [3.63, 3.8) is 0 Å². The van der Waals surface area contributed by atoms with Gasteiger partial charge in [-0.1, -0.05) is 109 Å². The van der Waals surface area contributed by atoms with Crippen LogP contribution in [0.25, 0.3) is 65.5 Å². The van der Waals surface area contributed by atoms with Crippen molar-refractivity contribution in [3.05, 3.63) is 144 Å². The molecule has 0 N–H and O–H groups in total. The van der Waals surface area contributed by atoms with E-state index in [2.05, 4.69) is 46.1 Å². The van der Waals surface area contributed by atoms with E-state index in [1.807, 2.05) is 78.9 Å². The maximum Gasteiger partial charge on any atom is 0.198 e. The highest BCUT2D eigenvalue weighted by Gasteiger charge is 2.19. The summed E-state index contributed by atoms with van der Waals surface area (Å²) in [6, 6.07) is 39.6. The number of aromatic nitrogens is 2. The maximum atomic E-state index is 7.82. The molecule has 0 atom stereocenters. The van der Waals surface area contributed by atoms with Gasteiger partial charge in [-0.2, -0.15) is 0 Å². The van der Waals surface area contributed by atoms with E-state index in [0.717, 1.165) is 38.7 Å². The monoisotopic (exact) mass is 484 g/mol. The van der Waals surface area contributed by atoms with Crippen LogP contribution in [0.3, 0.4) is 0 Å². The zero-order valence-electron chi connectivity index (χ0n) is 20.3. The summed E-state index contributed by atoms with van der Waals surface area (Å²) in [5.74, 6) is 0.462. The number of hydrogen-bond acceptors (Lipinski definition) is 2.